The summed E-state index contributed by atoms with van der Waals surface area (Å²) in [6, 6.07) is 14.1. The summed E-state index contributed by atoms with van der Waals surface area (Å²) in [6.45, 7) is 1.56. The number of benzene rings is 2. The molecule has 2 N–H and O–H groups in total. The standard InChI is InChI=1S/C21H23N3O5S3/c1-29-17-8-6-16(7-9-17)22-31(25,26)18-10-11-20(24-12-2-3-13-24)19(15-18)23-32(27,28)21-5-4-14-30-21/h4-11,14-15,22-23H,2-3,12-13H2,1H3. The molecule has 4 rings (SSSR count). The van der Waals surface area contributed by atoms with Gasteiger partial charge in [-0.3, -0.25) is 9.44 Å². The van der Waals surface area contributed by atoms with E-state index in [1.807, 2.05) is 0 Å². The summed E-state index contributed by atoms with van der Waals surface area (Å²) < 4.78 is 62.1. The largest absolute Gasteiger partial charge is 0.497 e. The molecule has 0 spiro atoms. The normalized spacial score (nSPS) is 14.3. The number of rotatable bonds is 8. The Kier molecular flexibility index (Phi) is 6.31. The van der Waals surface area contributed by atoms with Crippen molar-refractivity contribution in [3.05, 3.63) is 60.0 Å². The number of hydrogen-bond donors (Lipinski definition) is 2. The van der Waals surface area contributed by atoms with Crippen LogP contribution in [0.1, 0.15) is 12.8 Å². The molecular weight excluding hydrogens is 470 g/mol. The first kappa shape index (κ1) is 22.4. The SMILES string of the molecule is COc1ccc(NS(=O)(=O)c2ccc(N3CCCC3)c(NS(=O)(=O)c3cccs3)c2)cc1. The van der Waals surface area contributed by atoms with Crippen molar-refractivity contribution in [2.45, 2.75) is 21.9 Å². The lowest BCUT2D eigenvalue weighted by Crippen LogP contribution is -2.22. The van der Waals surface area contributed by atoms with Gasteiger partial charge in [0.1, 0.15) is 9.96 Å². The van der Waals surface area contributed by atoms with Crippen molar-refractivity contribution in [2.24, 2.45) is 0 Å². The summed E-state index contributed by atoms with van der Waals surface area (Å²) >= 11 is 1.10. The van der Waals surface area contributed by atoms with Crippen LogP contribution in [0.4, 0.5) is 17.1 Å². The van der Waals surface area contributed by atoms with Gasteiger partial charge in [0.25, 0.3) is 20.0 Å². The number of ether oxygens (including phenoxy) is 1. The molecule has 0 atom stereocenters. The third kappa shape index (κ3) is 4.84. The number of methoxy groups -OCH3 is 1. The van der Waals surface area contributed by atoms with E-state index in [0.29, 0.717) is 17.1 Å². The van der Waals surface area contributed by atoms with Crippen molar-refractivity contribution < 1.29 is 21.6 Å². The van der Waals surface area contributed by atoms with E-state index in [9.17, 15) is 16.8 Å². The molecular formula is C21H23N3O5S3. The van der Waals surface area contributed by atoms with Crippen LogP contribution < -0.4 is 19.1 Å². The fourth-order valence-electron chi connectivity index (χ4n) is 3.48. The molecule has 11 heteroatoms. The molecule has 170 valence electrons. The number of thiophene rings is 1. The molecule has 1 aromatic heterocycles. The van der Waals surface area contributed by atoms with Crippen LogP contribution in [0, 0.1) is 0 Å². The molecule has 0 amide bonds. The molecule has 2 heterocycles. The van der Waals surface area contributed by atoms with Gasteiger partial charge in [0, 0.05) is 18.8 Å². The summed E-state index contributed by atoms with van der Waals surface area (Å²) in [4.78, 5) is 2.01. The van der Waals surface area contributed by atoms with Gasteiger partial charge in [0.05, 0.1) is 23.4 Å². The van der Waals surface area contributed by atoms with Gasteiger partial charge in [-0.15, -0.1) is 11.3 Å². The number of sulfonamides is 2. The minimum Gasteiger partial charge on any atom is -0.497 e. The van der Waals surface area contributed by atoms with Gasteiger partial charge in [-0.2, -0.15) is 0 Å². The summed E-state index contributed by atoms with van der Waals surface area (Å²) in [5.74, 6) is 0.605. The van der Waals surface area contributed by atoms with Gasteiger partial charge in [0.15, 0.2) is 0 Å². The minimum atomic E-state index is -3.95. The maximum absolute atomic E-state index is 13.0. The molecule has 32 heavy (non-hydrogen) atoms. The third-order valence-electron chi connectivity index (χ3n) is 5.07. The fourth-order valence-corrected chi connectivity index (χ4v) is 6.62. The Labute approximate surface area is 191 Å². The van der Waals surface area contributed by atoms with Crippen LogP contribution in [-0.2, 0) is 20.0 Å². The third-order valence-corrected chi connectivity index (χ3v) is 9.21. The Balaban J connectivity index is 1.69. The molecule has 3 aromatic rings. The molecule has 1 fully saturated rings. The van der Waals surface area contributed by atoms with Crippen LogP contribution >= 0.6 is 11.3 Å². The zero-order valence-electron chi connectivity index (χ0n) is 17.3. The van der Waals surface area contributed by atoms with E-state index in [0.717, 1.165) is 37.3 Å². The molecule has 0 radical (unpaired) electrons. The molecule has 0 unspecified atom stereocenters. The Hall–Kier alpha value is -2.76. The second kappa shape index (κ2) is 9.00. The van der Waals surface area contributed by atoms with Crippen LogP contribution in [0.2, 0.25) is 0 Å². The highest BCUT2D eigenvalue weighted by atomic mass is 32.2. The van der Waals surface area contributed by atoms with E-state index < -0.39 is 20.0 Å². The highest BCUT2D eigenvalue weighted by molar-refractivity contribution is 7.94. The Morgan fingerprint density at radius 3 is 2.25 bits per heavy atom. The quantitative estimate of drug-likeness (QED) is 0.492. The van der Waals surface area contributed by atoms with E-state index in [1.165, 1.54) is 25.3 Å². The molecule has 0 bridgehead atoms. The van der Waals surface area contributed by atoms with Crippen molar-refractivity contribution in [2.75, 3.05) is 34.5 Å². The van der Waals surface area contributed by atoms with Crippen LogP contribution in [0.15, 0.2) is 69.1 Å². The predicted molar refractivity (Wildman–Crippen MR) is 127 cm³/mol. The first-order valence-electron chi connectivity index (χ1n) is 9.91. The lowest BCUT2D eigenvalue weighted by Gasteiger charge is -2.22. The minimum absolute atomic E-state index is 0.0415. The van der Waals surface area contributed by atoms with Gasteiger partial charge >= 0.3 is 0 Å². The van der Waals surface area contributed by atoms with Gasteiger partial charge in [0.2, 0.25) is 0 Å². The average molecular weight is 494 g/mol. The molecule has 0 saturated carbocycles. The van der Waals surface area contributed by atoms with E-state index in [-0.39, 0.29) is 14.8 Å². The maximum Gasteiger partial charge on any atom is 0.271 e. The van der Waals surface area contributed by atoms with Gasteiger partial charge in [-0.05, 0) is 66.8 Å². The monoisotopic (exact) mass is 493 g/mol. The molecule has 2 aromatic carbocycles. The average Bonchev–Trinajstić information content (AvgIpc) is 3.48. The van der Waals surface area contributed by atoms with Crippen LogP contribution in [0.5, 0.6) is 5.75 Å². The second-order valence-electron chi connectivity index (χ2n) is 7.24. The molecule has 1 aliphatic heterocycles. The van der Waals surface area contributed by atoms with E-state index in [4.69, 9.17) is 4.74 Å². The van der Waals surface area contributed by atoms with E-state index in [1.54, 1.807) is 41.8 Å². The molecule has 1 aliphatic rings. The zero-order chi connectivity index (χ0) is 22.8. The Morgan fingerprint density at radius 1 is 0.906 bits per heavy atom. The fraction of sp³-hybridized carbons (Fsp3) is 0.238. The number of anilines is 3. The topological polar surface area (TPSA) is 105 Å². The van der Waals surface area contributed by atoms with E-state index in [2.05, 4.69) is 14.3 Å². The van der Waals surface area contributed by atoms with Crippen molar-refractivity contribution in [3.8, 4) is 5.75 Å². The van der Waals surface area contributed by atoms with Gasteiger partial charge in [-0.25, -0.2) is 16.8 Å². The predicted octanol–water partition coefficient (Wildman–Crippen LogP) is 3.96. The van der Waals surface area contributed by atoms with Gasteiger partial charge in [-0.1, -0.05) is 6.07 Å². The second-order valence-corrected chi connectivity index (χ2v) is 11.8. The first-order chi connectivity index (χ1) is 15.3. The number of hydrogen-bond acceptors (Lipinski definition) is 7. The highest BCUT2D eigenvalue weighted by Crippen LogP contribution is 2.34. The summed E-state index contributed by atoms with van der Waals surface area (Å²) in [6.07, 6.45) is 1.99. The molecule has 1 saturated heterocycles. The van der Waals surface area contributed by atoms with Crippen LogP contribution in [0.3, 0.4) is 0 Å². The highest BCUT2D eigenvalue weighted by Gasteiger charge is 2.24. The lowest BCUT2D eigenvalue weighted by molar-refractivity contribution is 0.415. The zero-order valence-corrected chi connectivity index (χ0v) is 19.8. The van der Waals surface area contributed by atoms with Crippen molar-refractivity contribution in [1.82, 2.24) is 0 Å². The van der Waals surface area contributed by atoms with Crippen molar-refractivity contribution >= 4 is 48.4 Å². The van der Waals surface area contributed by atoms with E-state index >= 15 is 0 Å². The first-order valence-corrected chi connectivity index (χ1v) is 13.8. The van der Waals surface area contributed by atoms with Crippen LogP contribution in [-0.4, -0.2) is 37.0 Å². The number of nitrogens with one attached hydrogen (secondary N) is 2. The Bertz CT molecular complexity index is 1280. The summed E-state index contributed by atoms with van der Waals surface area (Å²) in [5.41, 5.74) is 1.26. The van der Waals surface area contributed by atoms with Crippen molar-refractivity contribution in [1.29, 1.82) is 0 Å². The maximum atomic E-state index is 13.0. The number of nitrogens with zero attached hydrogens (tertiary/aromatic N) is 1. The van der Waals surface area contributed by atoms with Crippen molar-refractivity contribution in [3.63, 3.8) is 0 Å². The lowest BCUT2D eigenvalue weighted by atomic mass is 10.2. The molecule has 0 aliphatic carbocycles. The summed E-state index contributed by atoms with van der Waals surface area (Å²) in [7, 11) is -6.26. The van der Waals surface area contributed by atoms with Crippen LogP contribution in [0.25, 0.3) is 0 Å². The summed E-state index contributed by atoms with van der Waals surface area (Å²) in [5, 5.41) is 1.68. The Morgan fingerprint density at radius 2 is 1.62 bits per heavy atom. The van der Waals surface area contributed by atoms with Gasteiger partial charge < -0.3 is 9.64 Å². The smallest absolute Gasteiger partial charge is 0.271 e. The molecule has 8 nitrogen and oxygen atoms in total.